The standard InChI is InChI=1S/C14H17N3O2/c1-16-13-9-19-8-12(13)14(18)17-11-4-2-10(3-5-11)6-7-15/h2-5,12-13,16H,6,8-9H2,1H3,(H,17,18). The number of nitriles is 1. The monoisotopic (exact) mass is 259 g/mol. The number of nitrogens with one attached hydrogen (secondary N) is 2. The fourth-order valence-electron chi connectivity index (χ4n) is 2.13. The molecule has 0 saturated carbocycles. The van der Waals surface area contributed by atoms with Gasteiger partial charge in [0.2, 0.25) is 5.91 Å². The van der Waals surface area contributed by atoms with Crippen LogP contribution in [0.15, 0.2) is 24.3 Å². The van der Waals surface area contributed by atoms with E-state index in [2.05, 4.69) is 16.7 Å². The van der Waals surface area contributed by atoms with Gasteiger partial charge in [-0.25, -0.2) is 0 Å². The van der Waals surface area contributed by atoms with Gasteiger partial charge in [0.1, 0.15) is 0 Å². The summed E-state index contributed by atoms with van der Waals surface area (Å²) in [4.78, 5) is 12.1. The number of ether oxygens (including phenoxy) is 1. The Bertz CT molecular complexity index is 478. The maximum atomic E-state index is 12.1. The highest BCUT2D eigenvalue weighted by Gasteiger charge is 2.32. The highest BCUT2D eigenvalue weighted by molar-refractivity contribution is 5.93. The molecule has 19 heavy (non-hydrogen) atoms. The summed E-state index contributed by atoms with van der Waals surface area (Å²) in [7, 11) is 1.83. The smallest absolute Gasteiger partial charge is 0.231 e. The number of carbonyl (C=O) groups is 1. The van der Waals surface area contributed by atoms with Gasteiger partial charge in [-0.1, -0.05) is 12.1 Å². The first-order valence-electron chi connectivity index (χ1n) is 6.26. The van der Waals surface area contributed by atoms with Crippen molar-refractivity contribution in [3.05, 3.63) is 29.8 Å². The molecule has 5 heteroatoms. The number of anilines is 1. The Morgan fingerprint density at radius 2 is 2.16 bits per heavy atom. The second-order valence-electron chi connectivity index (χ2n) is 4.56. The van der Waals surface area contributed by atoms with E-state index in [-0.39, 0.29) is 17.9 Å². The molecule has 0 spiro atoms. The second kappa shape index (κ2) is 6.32. The molecular weight excluding hydrogens is 242 g/mol. The van der Waals surface area contributed by atoms with Gasteiger partial charge < -0.3 is 15.4 Å². The molecule has 1 aliphatic heterocycles. The molecule has 2 atom stereocenters. The summed E-state index contributed by atoms with van der Waals surface area (Å²) in [6, 6.07) is 9.48. The van der Waals surface area contributed by atoms with Crippen LogP contribution in [0.5, 0.6) is 0 Å². The van der Waals surface area contributed by atoms with E-state index >= 15 is 0 Å². The lowest BCUT2D eigenvalue weighted by atomic mass is 10.0. The van der Waals surface area contributed by atoms with Crippen LogP contribution in [0.4, 0.5) is 5.69 Å². The number of amides is 1. The molecule has 1 aliphatic rings. The summed E-state index contributed by atoms with van der Waals surface area (Å²) >= 11 is 0. The van der Waals surface area contributed by atoms with Gasteiger partial charge in [-0.3, -0.25) is 4.79 Å². The van der Waals surface area contributed by atoms with Crippen molar-refractivity contribution in [2.24, 2.45) is 5.92 Å². The molecule has 1 aromatic rings. The van der Waals surface area contributed by atoms with Gasteiger partial charge >= 0.3 is 0 Å². The Balaban J connectivity index is 1.97. The van der Waals surface area contributed by atoms with Crippen LogP contribution < -0.4 is 10.6 Å². The maximum absolute atomic E-state index is 12.1. The van der Waals surface area contributed by atoms with Gasteiger partial charge in [0.05, 0.1) is 31.6 Å². The fourth-order valence-corrected chi connectivity index (χ4v) is 2.13. The molecule has 2 N–H and O–H groups in total. The van der Waals surface area contributed by atoms with E-state index in [1.807, 2.05) is 31.3 Å². The van der Waals surface area contributed by atoms with Crippen LogP contribution in [0.3, 0.4) is 0 Å². The minimum Gasteiger partial charge on any atom is -0.379 e. The first-order chi connectivity index (χ1) is 9.24. The zero-order valence-electron chi connectivity index (χ0n) is 10.8. The third kappa shape index (κ3) is 3.31. The van der Waals surface area contributed by atoms with Gasteiger partial charge in [-0.2, -0.15) is 5.26 Å². The molecule has 0 bridgehead atoms. The molecular formula is C14H17N3O2. The molecule has 5 nitrogen and oxygen atoms in total. The van der Waals surface area contributed by atoms with Gasteiger partial charge in [-0.05, 0) is 24.7 Å². The van der Waals surface area contributed by atoms with Crippen LogP contribution >= 0.6 is 0 Å². The third-order valence-corrected chi connectivity index (χ3v) is 3.29. The number of hydrogen-bond donors (Lipinski definition) is 2. The van der Waals surface area contributed by atoms with Crippen LogP contribution in [0.25, 0.3) is 0 Å². The van der Waals surface area contributed by atoms with Crippen molar-refractivity contribution in [2.45, 2.75) is 12.5 Å². The molecule has 1 heterocycles. The molecule has 100 valence electrons. The van der Waals surface area contributed by atoms with Crippen molar-refractivity contribution in [1.82, 2.24) is 5.32 Å². The Morgan fingerprint density at radius 1 is 1.42 bits per heavy atom. The quantitative estimate of drug-likeness (QED) is 0.843. The lowest BCUT2D eigenvalue weighted by molar-refractivity contribution is -0.120. The minimum atomic E-state index is -0.163. The molecule has 1 aromatic carbocycles. The van der Waals surface area contributed by atoms with E-state index in [1.165, 1.54) is 0 Å². The highest BCUT2D eigenvalue weighted by atomic mass is 16.5. The maximum Gasteiger partial charge on any atom is 0.231 e. The normalized spacial score (nSPS) is 21.9. The fraction of sp³-hybridized carbons (Fsp3) is 0.429. The second-order valence-corrected chi connectivity index (χ2v) is 4.56. The van der Waals surface area contributed by atoms with E-state index in [0.29, 0.717) is 19.6 Å². The molecule has 1 saturated heterocycles. The Kier molecular flexibility index (Phi) is 4.50. The van der Waals surface area contributed by atoms with Crippen molar-refractivity contribution >= 4 is 11.6 Å². The SMILES string of the molecule is CNC1COCC1C(=O)Nc1ccc(CC#N)cc1. The largest absolute Gasteiger partial charge is 0.379 e. The molecule has 1 fully saturated rings. The summed E-state index contributed by atoms with van der Waals surface area (Å²) in [6.07, 6.45) is 0.381. The first-order valence-corrected chi connectivity index (χ1v) is 6.26. The molecule has 1 amide bonds. The number of benzene rings is 1. The lowest BCUT2D eigenvalue weighted by Crippen LogP contribution is -2.39. The Labute approximate surface area is 112 Å². The summed E-state index contributed by atoms with van der Waals surface area (Å²) in [5.41, 5.74) is 1.69. The third-order valence-electron chi connectivity index (χ3n) is 3.29. The van der Waals surface area contributed by atoms with E-state index in [9.17, 15) is 4.79 Å². The topological polar surface area (TPSA) is 74.2 Å². The predicted molar refractivity (Wildman–Crippen MR) is 71.5 cm³/mol. The van der Waals surface area contributed by atoms with Crippen LogP contribution in [0.1, 0.15) is 5.56 Å². The zero-order valence-corrected chi connectivity index (χ0v) is 10.8. The number of rotatable bonds is 4. The summed E-state index contributed by atoms with van der Waals surface area (Å²) in [5.74, 6) is -0.200. The Morgan fingerprint density at radius 3 is 2.79 bits per heavy atom. The summed E-state index contributed by atoms with van der Waals surface area (Å²) < 4.78 is 5.31. The first kappa shape index (κ1) is 13.5. The molecule has 2 rings (SSSR count). The van der Waals surface area contributed by atoms with Gasteiger partial charge in [0.15, 0.2) is 0 Å². The van der Waals surface area contributed by atoms with Gasteiger partial charge in [0, 0.05) is 11.7 Å². The highest BCUT2D eigenvalue weighted by Crippen LogP contribution is 2.17. The van der Waals surface area contributed by atoms with Crippen molar-refractivity contribution in [1.29, 1.82) is 5.26 Å². The molecule has 0 radical (unpaired) electrons. The van der Waals surface area contributed by atoms with Crippen LogP contribution in [-0.2, 0) is 16.0 Å². The van der Waals surface area contributed by atoms with Crippen molar-refractivity contribution < 1.29 is 9.53 Å². The number of likely N-dealkylation sites (N-methyl/N-ethyl adjacent to an activating group) is 1. The van der Waals surface area contributed by atoms with E-state index in [1.54, 1.807) is 0 Å². The van der Waals surface area contributed by atoms with Crippen LogP contribution in [0.2, 0.25) is 0 Å². The number of hydrogen-bond acceptors (Lipinski definition) is 4. The average Bonchev–Trinajstić information content (AvgIpc) is 2.90. The van der Waals surface area contributed by atoms with E-state index in [0.717, 1.165) is 11.3 Å². The molecule has 0 aromatic heterocycles. The number of nitrogens with zero attached hydrogens (tertiary/aromatic N) is 1. The van der Waals surface area contributed by atoms with Gasteiger partial charge in [0.25, 0.3) is 0 Å². The summed E-state index contributed by atoms with van der Waals surface area (Å²) in [6.45, 7) is 1.01. The van der Waals surface area contributed by atoms with Crippen molar-refractivity contribution in [3.8, 4) is 6.07 Å². The summed E-state index contributed by atoms with van der Waals surface area (Å²) in [5, 5.41) is 14.6. The average molecular weight is 259 g/mol. The van der Waals surface area contributed by atoms with Crippen molar-refractivity contribution in [3.63, 3.8) is 0 Å². The van der Waals surface area contributed by atoms with Gasteiger partial charge in [-0.15, -0.1) is 0 Å². The molecule has 0 aliphatic carbocycles. The van der Waals surface area contributed by atoms with Crippen LogP contribution in [-0.4, -0.2) is 32.2 Å². The van der Waals surface area contributed by atoms with E-state index < -0.39 is 0 Å². The zero-order chi connectivity index (χ0) is 13.7. The molecule has 2 unspecified atom stereocenters. The minimum absolute atomic E-state index is 0.0371. The predicted octanol–water partition coefficient (Wildman–Crippen LogP) is 0.926. The van der Waals surface area contributed by atoms with Crippen molar-refractivity contribution in [2.75, 3.05) is 25.6 Å². The van der Waals surface area contributed by atoms with E-state index in [4.69, 9.17) is 10.00 Å². The Hall–Kier alpha value is -1.90. The lowest BCUT2D eigenvalue weighted by Gasteiger charge is -2.16. The number of carbonyl (C=O) groups excluding carboxylic acids is 1. The van der Waals surface area contributed by atoms with Crippen LogP contribution in [0, 0.1) is 17.2 Å².